The van der Waals surface area contributed by atoms with Gasteiger partial charge in [-0.3, -0.25) is 4.79 Å². The van der Waals surface area contributed by atoms with E-state index >= 15 is 0 Å². The minimum Gasteiger partial charge on any atom is -0.457 e. The monoisotopic (exact) mass is 412 g/mol. The Morgan fingerprint density at radius 1 is 1.00 bits per heavy atom. The number of hydrogen-bond acceptors (Lipinski definition) is 4. The molecule has 3 rings (SSSR count). The third-order valence-corrected chi connectivity index (χ3v) is 7.07. The molecule has 0 aromatic heterocycles. The van der Waals surface area contributed by atoms with Crippen molar-refractivity contribution in [3.63, 3.8) is 0 Å². The molecule has 0 spiro atoms. The van der Waals surface area contributed by atoms with Gasteiger partial charge in [-0.05, 0) is 93.4 Å². The summed E-state index contributed by atoms with van der Waals surface area (Å²) in [4.78, 5) is 24.2. The Morgan fingerprint density at radius 3 is 2.17 bits per heavy atom. The topological polar surface area (TPSA) is 52.6 Å². The lowest BCUT2D eigenvalue weighted by Gasteiger charge is -2.36. The highest BCUT2D eigenvalue weighted by molar-refractivity contribution is 5.86. The van der Waals surface area contributed by atoms with Crippen LogP contribution in [-0.4, -0.2) is 11.9 Å². The van der Waals surface area contributed by atoms with Crippen molar-refractivity contribution in [2.45, 2.75) is 78.7 Å². The van der Waals surface area contributed by atoms with Gasteiger partial charge in [0.1, 0.15) is 12.4 Å². The highest BCUT2D eigenvalue weighted by Crippen LogP contribution is 2.41. The Bertz CT molecular complexity index is 765. The second kappa shape index (κ2) is 10.3. The second-order valence-corrected chi connectivity index (χ2v) is 9.50. The average Bonchev–Trinajstić information content (AvgIpc) is 2.73. The van der Waals surface area contributed by atoms with Crippen LogP contribution in [0.1, 0.15) is 76.3 Å². The van der Waals surface area contributed by atoms with Gasteiger partial charge in [0.25, 0.3) is 0 Å². The van der Waals surface area contributed by atoms with Gasteiger partial charge < -0.3 is 9.47 Å². The third-order valence-electron chi connectivity index (χ3n) is 7.07. The lowest BCUT2D eigenvalue weighted by atomic mass is 9.69. The van der Waals surface area contributed by atoms with Gasteiger partial charge in [-0.15, -0.1) is 0 Å². The summed E-state index contributed by atoms with van der Waals surface area (Å²) in [7, 11) is 0. The third kappa shape index (κ3) is 5.96. The Labute approximate surface area is 181 Å². The molecule has 0 saturated heterocycles. The molecule has 2 fully saturated rings. The van der Waals surface area contributed by atoms with Gasteiger partial charge in [-0.25, -0.2) is 4.79 Å². The maximum atomic E-state index is 12.7. The number of benzene rings is 1. The van der Waals surface area contributed by atoms with Gasteiger partial charge in [0.2, 0.25) is 0 Å². The lowest BCUT2D eigenvalue weighted by Crippen LogP contribution is -2.29. The molecule has 164 valence electrons. The first-order valence-electron chi connectivity index (χ1n) is 11.5. The van der Waals surface area contributed by atoms with Crippen molar-refractivity contribution in [1.29, 1.82) is 0 Å². The van der Waals surface area contributed by atoms with Crippen molar-refractivity contribution in [3.05, 3.63) is 41.5 Å². The van der Waals surface area contributed by atoms with Crippen LogP contribution in [0.15, 0.2) is 30.4 Å². The summed E-state index contributed by atoms with van der Waals surface area (Å²) in [6.45, 7) is 9.69. The van der Waals surface area contributed by atoms with Crippen molar-refractivity contribution in [3.8, 4) is 5.75 Å². The summed E-state index contributed by atoms with van der Waals surface area (Å²) < 4.78 is 10.9. The van der Waals surface area contributed by atoms with E-state index in [-0.39, 0.29) is 18.5 Å². The number of esters is 2. The molecule has 30 heavy (non-hydrogen) atoms. The molecule has 0 atom stereocenters. The summed E-state index contributed by atoms with van der Waals surface area (Å²) in [5, 5.41) is 0. The van der Waals surface area contributed by atoms with Crippen molar-refractivity contribution in [1.82, 2.24) is 0 Å². The van der Waals surface area contributed by atoms with Crippen LogP contribution in [0.5, 0.6) is 5.75 Å². The van der Waals surface area contributed by atoms with E-state index in [1.165, 1.54) is 25.7 Å². The fourth-order valence-corrected chi connectivity index (χ4v) is 4.94. The molecule has 0 heterocycles. The quantitative estimate of drug-likeness (QED) is 0.319. The van der Waals surface area contributed by atoms with Gasteiger partial charge in [-0.1, -0.05) is 32.4 Å². The fourth-order valence-electron chi connectivity index (χ4n) is 4.94. The van der Waals surface area contributed by atoms with Crippen LogP contribution >= 0.6 is 0 Å². The second-order valence-electron chi connectivity index (χ2n) is 9.50. The van der Waals surface area contributed by atoms with Crippen LogP contribution in [0, 0.1) is 30.6 Å². The number of hydrogen-bond donors (Lipinski definition) is 0. The summed E-state index contributed by atoms with van der Waals surface area (Å²) in [5.41, 5.74) is 2.21. The molecule has 0 N–H and O–H groups in total. The molecule has 0 aliphatic heterocycles. The molecule has 1 aromatic rings. The molecule has 0 bridgehead atoms. The molecule has 0 amide bonds. The van der Waals surface area contributed by atoms with Gasteiger partial charge in [0, 0.05) is 5.57 Å². The predicted octanol–water partition coefficient (Wildman–Crippen LogP) is 6.15. The summed E-state index contributed by atoms with van der Waals surface area (Å²) in [6.07, 6.45) is 9.69. The van der Waals surface area contributed by atoms with E-state index in [2.05, 4.69) is 13.5 Å². The average molecular weight is 413 g/mol. The number of aryl methyl sites for hydroxylation is 1. The largest absolute Gasteiger partial charge is 0.457 e. The van der Waals surface area contributed by atoms with Gasteiger partial charge in [0.15, 0.2) is 0 Å². The van der Waals surface area contributed by atoms with E-state index in [0.29, 0.717) is 11.3 Å². The number of rotatable bonds is 6. The fraction of sp³-hybridized carbons (Fsp3) is 0.615. The van der Waals surface area contributed by atoms with Crippen LogP contribution < -0.4 is 4.74 Å². The first-order chi connectivity index (χ1) is 14.3. The van der Waals surface area contributed by atoms with Crippen molar-refractivity contribution in [2.75, 3.05) is 0 Å². The van der Waals surface area contributed by atoms with Crippen LogP contribution in [0.25, 0.3) is 0 Å². The van der Waals surface area contributed by atoms with Gasteiger partial charge in [-0.2, -0.15) is 0 Å². The zero-order valence-electron chi connectivity index (χ0n) is 18.7. The van der Waals surface area contributed by atoms with Crippen molar-refractivity contribution in [2.24, 2.45) is 23.7 Å². The summed E-state index contributed by atoms with van der Waals surface area (Å²) in [6, 6.07) is 5.48. The van der Waals surface area contributed by atoms with E-state index in [0.717, 1.165) is 54.6 Å². The molecule has 4 nitrogen and oxygen atoms in total. The Kier molecular flexibility index (Phi) is 7.74. The smallest absolute Gasteiger partial charge is 0.333 e. The van der Waals surface area contributed by atoms with E-state index in [1.54, 1.807) is 13.0 Å². The Morgan fingerprint density at radius 2 is 1.60 bits per heavy atom. The first-order valence-corrected chi connectivity index (χ1v) is 11.5. The van der Waals surface area contributed by atoms with Crippen LogP contribution in [0.3, 0.4) is 0 Å². The van der Waals surface area contributed by atoms with Crippen molar-refractivity contribution < 1.29 is 19.1 Å². The first kappa shape index (κ1) is 22.6. The molecule has 1 aromatic carbocycles. The molecule has 2 saturated carbocycles. The molecular weight excluding hydrogens is 376 g/mol. The zero-order valence-corrected chi connectivity index (χ0v) is 18.7. The number of ether oxygens (including phenoxy) is 2. The summed E-state index contributed by atoms with van der Waals surface area (Å²) in [5.74, 6) is 2.63. The minimum atomic E-state index is -0.400. The van der Waals surface area contributed by atoms with Crippen LogP contribution in [0.2, 0.25) is 0 Å². The number of carbonyl (C=O) groups is 2. The highest BCUT2D eigenvalue weighted by atomic mass is 16.5. The Balaban J connectivity index is 1.47. The maximum absolute atomic E-state index is 12.7. The Hall–Kier alpha value is -2.10. The van der Waals surface area contributed by atoms with Gasteiger partial charge in [0.05, 0.1) is 5.92 Å². The lowest BCUT2D eigenvalue weighted by molar-refractivity contribution is -0.141. The van der Waals surface area contributed by atoms with E-state index in [4.69, 9.17) is 9.47 Å². The SMILES string of the molecule is C=C(C)C(=O)OCc1ccc(OC(=O)C2CCC(C3CCC(C)CC3)CC2)cc1C. The van der Waals surface area contributed by atoms with Crippen LogP contribution in [-0.2, 0) is 20.9 Å². The molecule has 0 unspecified atom stereocenters. The minimum absolute atomic E-state index is 0.0141. The van der Waals surface area contributed by atoms with E-state index < -0.39 is 5.97 Å². The van der Waals surface area contributed by atoms with Gasteiger partial charge >= 0.3 is 11.9 Å². The maximum Gasteiger partial charge on any atom is 0.333 e. The van der Waals surface area contributed by atoms with Crippen LogP contribution in [0.4, 0.5) is 0 Å². The molecule has 0 radical (unpaired) electrons. The normalized spacial score (nSPS) is 26.6. The standard InChI is InChI=1S/C26H36O4/c1-17(2)25(27)29-16-23-13-14-24(15-19(23)4)30-26(28)22-11-9-21(10-12-22)20-7-5-18(3)6-8-20/h13-15,18,20-22H,1,5-12,16H2,2-4H3. The van der Waals surface area contributed by atoms with E-state index in [9.17, 15) is 9.59 Å². The molecule has 4 heteroatoms. The number of carbonyl (C=O) groups excluding carboxylic acids is 2. The zero-order chi connectivity index (χ0) is 21.7. The molecule has 2 aliphatic carbocycles. The molecular formula is C26H36O4. The van der Waals surface area contributed by atoms with Crippen molar-refractivity contribution >= 4 is 11.9 Å². The van der Waals surface area contributed by atoms with E-state index in [1.807, 2.05) is 19.1 Å². The summed E-state index contributed by atoms with van der Waals surface area (Å²) >= 11 is 0. The molecule has 2 aliphatic rings. The predicted molar refractivity (Wildman–Crippen MR) is 118 cm³/mol. The highest BCUT2D eigenvalue weighted by Gasteiger charge is 2.33.